The highest BCUT2D eigenvalue weighted by Crippen LogP contribution is 2.22. The van der Waals surface area contributed by atoms with Crippen molar-refractivity contribution in [3.8, 4) is 0 Å². The maximum Gasteiger partial charge on any atom is 0.248 e. The van der Waals surface area contributed by atoms with Crippen molar-refractivity contribution in [1.29, 1.82) is 0 Å². The number of nitrogens with one attached hydrogen (secondary N) is 1. The van der Waals surface area contributed by atoms with E-state index in [1.54, 1.807) is 30.5 Å². The minimum atomic E-state index is -0.776. The monoisotopic (exact) mass is 286 g/mol. The molecule has 1 saturated heterocycles. The van der Waals surface area contributed by atoms with Crippen molar-refractivity contribution in [1.82, 2.24) is 10.2 Å². The molecule has 1 N–H and O–H groups in total. The zero-order valence-corrected chi connectivity index (χ0v) is 13.5. The molecule has 1 fully saturated rings. The molecule has 1 aliphatic heterocycles. The number of amides is 2. The molecular formula is C14H26N2O2S. The third-order valence-electron chi connectivity index (χ3n) is 3.29. The summed E-state index contributed by atoms with van der Waals surface area (Å²) in [6.07, 6.45) is 0.727. The fourth-order valence-electron chi connectivity index (χ4n) is 2.33. The van der Waals surface area contributed by atoms with E-state index in [2.05, 4.69) is 26.1 Å². The summed E-state index contributed by atoms with van der Waals surface area (Å²) < 4.78 is 0. The number of rotatable bonds is 6. The van der Waals surface area contributed by atoms with Crippen LogP contribution in [-0.4, -0.2) is 46.3 Å². The van der Waals surface area contributed by atoms with Gasteiger partial charge in [0.15, 0.2) is 0 Å². The van der Waals surface area contributed by atoms with Gasteiger partial charge in [0, 0.05) is 12.3 Å². The number of carbonyl (C=O) groups is 2. The number of thioether (sulfide) groups is 1. The molecule has 1 rings (SSSR count). The Labute approximate surface area is 120 Å². The standard InChI is InChI=1S/C14H26N2O2S/c1-6-19-8-7-16-11(9-10(2)3)12(17)15-14(4,5)13(16)18/h10-11H,6-9H2,1-5H3,(H,15,17). The third-order valence-corrected chi connectivity index (χ3v) is 4.16. The van der Waals surface area contributed by atoms with Crippen molar-refractivity contribution in [2.45, 2.75) is 52.6 Å². The van der Waals surface area contributed by atoms with Crippen LogP contribution in [0.4, 0.5) is 0 Å². The highest BCUT2D eigenvalue weighted by molar-refractivity contribution is 7.99. The summed E-state index contributed by atoms with van der Waals surface area (Å²) >= 11 is 1.80. The Hall–Kier alpha value is -0.710. The van der Waals surface area contributed by atoms with Gasteiger partial charge in [-0.25, -0.2) is 0 Å². The van der Waals surface area contributed by atoms with Gasteiger partial charge in [-0.05, 0) is 31.9 Å². The lowest BCUT2D eigenvalue weighted by Gasteiger charge is -2.43. The molecule has 0 aliphatic carbocycles. The largest absolute Gasteiger partial charge is 0.340 e. The van der Waals surface area contributed by atoms with Gasteiger partial charge in [0.1, 0.15) is 11.6 Å². The van der Waals surface area contributed by atoms with Crippen molar-refractivity contribution in [2.24, 2.45) is 5.92 Å². The minimum Gasteiger partial charge on any atom is -0.340 e. The lowest BCUT2D eigenvalue weighted by molar-refractivity contribution is -0.153. The van der Waals surface area contributed by atoms with E-state index < -0.39 is 5.54 Å². The van der Waals surface area contributed by atoms with E-state index in [-0.39, 0.29) is 17.9 Å². The summed E-state index contributed by atoms with van der Waals surface area (Å²) in [5, 5.41) is 2.84. The Kier molecular flexibility index (Phi) is 5.71. The van der Waals surface area contributed by atoms with E-state index in [1.807, 2.05) is 0 Å². The van der Waals surface area contributed by atoms with E-state index in [0.29, 0.717) is 12.5 Å². The average molecular weight is 286 g/mol. The second-order valence-corrected chi connectivity index (χ2v) is 7.35. The van der Waals surface area contributed by atoms with E-state index in [0.717, 1.165) is 17.9 Å². The lowest BCUT2D eigenvalue weighted by atomic mass is 9.92. The molecule has 0 bridgehead atoms. The normalized spacial score (nSPS) is 22.8. The molecule has 110 valence electrons. The number of piperazine rings is 1. The van der Waals surface area contributed by atoms with E-state index in [9.17, 15) is 9.59 Å². The van der Waals surface area contributed by atoms with E-state index in [4.69, 9.17) is 0 Å². The third kappa shape index (κ3) is 4.13. The van der Waals surface area contributed by atoms with Crippen LogP contribution in [0.5, 0.6) is 0 Å². The van der Waals surface area contributed by atoms with Gasteiger partial charge in [0.25, 0.3) is 0 Å². The zero-order chi connectivity index (χ0) is 14.6. The van der Waals surface area contributed by atoms with Gasteiger partial charge in [0.2, 0.25) is 11.8 Å². The molecule has 0 aromatic rings. The summed E-state index contributed by atoms with van der Waals surface area (Å²) in [5.41, 5.74) is -0.776. The van der Waals surface area contributed by atoms with Crippen molar-refractivity contribution in [3.05, 3.63) is 0 Å². The zero-order valence-electron chi connectivity index (χ0n) is 12.7. The summed E-state index contributed by atoms with van der Waals surface area (Å²) in [7, 11) is 0. The molecule has 19 heavy (non-hydrogen) atoms. The van der Waals surface area contributed by atoms with Crippen LogP contribution in [0, 0.1) is 5.92 Å². The molecule has 1 aliphatic rings. The van der Waals surface area contributed by atoms with Crippen molar-refractivity contribution in [2.75, 3.05) is 18.1 Å². The molecule has 4 nitrogen and oxygen atoms in total. The van der Waals surface area contributed by atoms with Gasteiger partial charge in [-0.15, -0.1) is 0 Å². The molecular weight excluding hydrogens is 260 g/mol. The van der Waals surface area contributed by atoms with Crippen LogP contribution in [0.3, 0.4) is 0 Å². The molecule has 0 aromatic carbocycles. The smallest absolute Gasteiger partial charge is 0.248 e. The molecule has 5 heteroatoms. The van der Waals surface area contributed by atoms with Crippen LogP contribution < -0.4 is 5.32 Å². The predicted octanol–water partition coefficient (Wildman–Crippen LogP) is 1.89. The topological polar surface area (TPSA) is 49.4 Å². The van der Waals surface area contributed by atoms with E-state index in [1.165, 1.54) is 0 Å². The van der Waals surface area contributed by atoms with Crippen LogP contribution in [0.25, 0.3) is 0 Å². The minimum absolute atomic E-state index is 0.0141. The second kappa shape index (κ2) is 6.64. The summed E-state index contributed by atoms with van der Waals surface area (Å²) in [5.74, 6) is 2.34. The lowest BCUT2D eigenvalue weighted by Crippen LogP contribution is -2.68. The number of hydrogen-bond donors (Lipinski definition) is 1. The van der Waals surface area contributed by atoms with Crippen LogP contribution in [0.2, 0.25) is 0 Å². The number of nitrogens with zero attached hydrogens (tertiary/aromatic N) is 1. The number of carbonyl (C=O) groups excluding carboxylic acids is 2. The molecule has 0 aromatic heterocycles. The van der Waals surface area contributed by atoms with Crippen LogP contribution in [-0.2, 0) is 9.59 Å². The first-order chi connectivity index (χ1) is 8.79. The molecule has 0 saturated carbocycles. The maximum atomic E-state index is 12.5. The van der Waals surface area contributed by atoms with E-state index >= 15 is 0 Å². The predicted molar refractivity (Wildman–Crippen MR) is 80.2 cm³/mol. The van der Waals surface area contributed by atoms with Gasteiger partial charge in [-0.3, -0.25) is 9.59 Å². The van der Waals surface area contributed by atoms with Gasteiger partial charge in [-0.2, -0.15) is 11.8 Å². The number of hydrogen-bond acceptors (Lipinski definition) is 3. The first kappa shape index (κ1) is 16.3. The van der Waals surface area contributed by atoms with Crippen LogP contribution >= 0.6 is 11.8 Å². The van der Waals surface area contributed by atoms with Crippen molar-refractivity contribution < 1.29 is 9.59 Å². The van der Waals surface area contributed by atoms with Gasteiger partial charge < -0.3 is 10.2 Å². The Morgan fingerprint density at radius 2 is 2.00 bits per heavy atom. The first-order valence-electron chi connectivity index (χ1n) is 7.00. The second-order valence-electron chi connectivity index (χ2n) is 5.96. The van der Waals surface area contributed by atoms with Crippen molar-refractivity contribution >= 4 is 23.6 Å². The average Bonchev–Trinajstić information content (AvgIpc) is 2.29. The highest BCUT2D eigenvalue weighted by Gasteiger charge is 2.44. The Morgan fingerprint density at radius 1 is 1.37 bits per heavy atom. The molecule has 2 amide bonds. The fraction of sp³-hybridized carbons (Fsp3) is 0.857. The maximum absolute atomic E-state index is 12.5. The molecule has 0 spiro atoms. The Morgan fingerprint density at radius 3 is 2.53 bits per heavy atom. The Bertz CT molecular complexity index is 342. The van der Waals surface area contributed by atoms with Gasteiger partial charge in [0.05, 0.1) is 0 Å². The van der Waals surface area contributed by atoms with Gasteiger partial charge >= 0.3 is 0 Å². The SMILES string of the molecule is CCSCCN1C(=O)C(C)(C)NC(=O)C1CC(C)C. The Balaban J connectivity index is 2.85. The molecule has 1 atom stereocenters. The molecule has 1 unspecified atom stereocenters. The molecule has 0 radical (unpaired) electrons. The summed E-state index contributed by atoms with van der Waals surface area (Å²) in [6, 6.07) is -0.307. The fourth-order valence-corrected chi connectivity index (χ4v) is 2.95. The van der Waals surface area contributed by atoms with Gasteiger partial charge in [-0.1, -0.05) is 20.8 Å². The van der Waals surface area contributed by atoms with Crippen LogP contribution in [0.15, 0.2) is 0 Å². The quantitative estimate of drug-likeness (QED) is 0.759. The summed E-state index contributed by atoms with van der Waals surface area (Å²) in [6.45, 7) is 10.5. The van der Waals surface area contributed by atoms with Crippen LogP contribution in [0.1, 0.15) is 41.0 Å². The summed E-state index contributed by atoms with van der Waals surface area (Å²) in [4.78, 5) is 26.5. The highest BCUT2D eigenvalue weighted by atomic mass is 32.2. The van der Waals surface area contributed by atoms with Crippen molar-refractivity contribution in [3.63, 3.8) is 0 Å². The molecule has 1 heterocycles. The first-order valence-corrected chi connectivity index (χ1v) is 8.16.